The third-order valence-electron chi connectivity index (χ3n) is 4.81. The van der Waals surface area contributed by atoms with E-state index in [-0.39, 0.29) is 11.6 Å². The van der Waals surface area contributed by atoms with E-state index in [1.807, 2.05) is 72.8 Å². The first-order valence-electron chi connectivity index (χ1n) is 9.33. The summed E-state index contributed by atoms with van der Waals surface area (Å²) in [5.74, 6) is -0.180. The van der Waals surface area contributed by atoms with Gasteiger partial charge < -0.3 is 0 Å². The van der Waals surface area contributed by atoms with Crippen LogP contribution >= 0.6 is 31.9 Å². The Morgan fingerprint density at radius 2 is 0.867 bits per heavy atom. The molecule has 4 heteroatoms. The summed E-state index contributed by atoms with van der Waals surface area (Å²) in [5.41, 5.74) is 3.73. The van der Waals surface area contributed by atoms with Crippen molar-refractivity contribution in [3.8, 4) is 11.1 Å². The Morgan fingerprint density at radius 3 is 1.23 bits per heavy atom. The summed E-state index contributed by atoms with van der Waals surface area (Å²) in [6, 6.07) is 29.5. The van der Waals surface area contributed by atoms with Crippen LogP contribution in [-0.4, -0.2) is 11.6 Å². The Kier molecular flexibility index (Phi) is 6.07. The van der Waals surface area contributed by atoms with Crippen LogP contribution in [0.3, 0.4) is 0 Å². The van der Waals surface area contributed by atoms with E-state index < -0.39 is 0 Å². The van der Waals surface area contributed by atoms with Crippen LogP contribution in [0, 0.1) is 0 Å². The molecule has 0 saturated carbocycles. The van der Waals surface area contributed by atoms with E-state index in [0.717, 1.165) is 20.1 Å². The maximum absolute atomic E-state index is 13.3. The molecule has 0 N–H and O–H groups in total. The molecule has 2 nitrogen and oxygen atoms in total. The number of carbonyl (C=O) groups is 2. The monoisotopic (exact) mass is 518 g/mol. The lowest BCUT2D eigenvalue weighted by Crippen LogP contribution is -2.07. The summed E-state index contributed by atoms with van der Waals surface area (Å²) in [7, 11) is 0. The molecule has 0 unspecified atom stereocenters. The molecule has 0 heterocycles. The van der Waals surface area contributed by atoms with Gasteiger partial charge in [-0.05, 0) is 35.4 Å². The highest BCUT2D eigenvalue weighted by molar-refractivity contribution is 9.10. The molecule has 0 aromatic heterocycles. The van der Waals surface area contributed by atoms with Crippen LogP contribution in [0.25, 0.3) is 11.1 Å². The molecule has 146 valence electrons. The minimum absolute atomic E-state index is 0.0899. The van der Waals surface area contributed by atoms with Gasteiger partial charge in [-0.1, -0.05) is 105 Å². The Balaban J connectivity index is 1.90. The second-order valence-corrected chi connectivity index (χ2v) is 8.60. The minimum Gasteiger partial charge on any atom is -0.289 e. The molecule has 4 aromatic rings. The predicted molar refractivity (Wildman–Crippen MR) is 127 cm³/mol. The standard InChI is InChI=1S/C26H16Br2O2/c27-19-11-13-21(23(15-19)25(29)17-7-3-1-4-8-17)22-14-12-20(28)16-24(22)26(30)18-9-5-2-6-10-18/h1-16H. The maximum Gasteiger partial charge on any atom is 0.193 e. The van der Waals surface area contributed by atoms with Gasteiger partial charge >= 0.3 is 0 Å². The molecule has 30 heavy (non-hydrogen) atoms. The molecule has 0 fully saturated rings. The Bertz CT molecular complexity index is 1130. The van der Waals surface area contributed by atoms with Gasteiger partial charge in [-0.2, -0.15) is 0 Å². The number of hydrogen-bond acceptors (Lipinski definition) is 2. The largest absolute Gasteiger partial charge is 0.289 e. The molecule has 0 radical (unpaired) electrons. The lowest BCUT2D eigenvalue weighted by molar-refractivity contribution is 0.103. The van der Waals surface area contributed by atoms with E-state index >= 15 is 0 Å². The van der Waals surface area contributed by atoms with Crippen molar-refractivity contribution in [2.24, 2.45) is 0 Å². The van der Waals surface area contributed by atoms with Crippen molar-refractivity contribution < 1.29 is 9.59 Å². The number of ketones is 2. The second kappa shape index (κ2) is 8.90. The molecular formula is C26H16Br2O2. The van der Waals surface area contributed by atoms with Gasteiger partial charge in [-0.15, -0.1) is 0 Å². The average Bonchev–Trinajstić information content (AvgIpc) is 2.79. The van der Waals surface area contributed by atoms with Crippen LogP contribution in [0.15, 0.2) is 106 Å². The number of rotatable bonds is 5. The molecular weight excluding hydrogens is 504 g/mol. The Morgan fingerprint density at radius 1 is 0.500 bits per heavy atom. The number of hydrogen-bond donors (Lipinski definition) is 0. The van der Waals surface area contributed by atoms with Crippen molar-refractivity contribution in [1.29, 1.82) is 0 Å². The zero-order valence-corrected chi connectivity index (χ0v) is 19.0. The maximum atomic E-state index is 13.3. The van der Waals surface area contributed by atoms with E-state index in [9.17, 15) is 9.59 Å². The summed E-state index contributed by atoms with van der Waals surface area (Å²) >= 11 is 6.96. The van der Waals surface area contributed by atoms with Gasteiger partial charge in [0, 0.05) is 31.2 Å². The topological polar surface area (TPSA) is 34.1 Å². The lowest BCUT2D eigenvalue weighted by Gasteiger charge is -2.14. The van der Waals surface area contributed by atoms with Gasteiger partial charge in [0.2, 0.25) is 0 Å². The summed E-state index contributed by atoms with van der Waals surface area (Å²) in [4.78, 5) is 26.6. The second-order valence-electron chi connectivity index (χ2n) is 6.77. The van der Waals surface area contributed by atoms with Crippen molar-refractivity contribution >= 4 is 43.4 Å². The van der Waals surface area contributed by atoms with Crippen LogP contribution in [-0.2, 0) is 0 Å². The molecule has 0 aliphatic heterocycles. The molecule has 4 aromatic carbocycles. The molecule has 0 spiro atoms. The summed E-state index contributed by atoms with van der Waals surface area (Å²) in [6.07, 6.45) is 0. The van der Waals surface area contributed by atoms with Crippen molar-refractivity contribution in [3.05, 3.63) is 128 Å². The SMILES string of the molecule is O=C(c1ccccc1)c1cc(Br)ccc1-c1ccc(Br)cc1C(=O)c1ccccc1. The van der Waals surface area contributed by atoms with Gasteiger partial charge in [0.25, 0.3) is 0 Å². The highest BCUT2D eigenvalue weighted by Crippen LogP contribution is 2.33. The fourth-order valence-electron chi connectivity index (χ4n) is 3.37. The third-order valence-corrected chi connectivity index (χ3v) is 5.80. The van der Waals surface area contributed by atoms with E-state index in [1.165, 1.54) is 0 Å². The Hall–Kier alpha value is -2.82. The average molecular weight is 520 g/mol. The van der Waals surface area contributed by atoms with Gasteiger partial charge in [0.05, 0.1) is 0 Å². The highest BCUT2D eigenvalue weighted by atomic mass is 79.9. The molecule has 0 bridgehead atoms. The first-order valence-corrected chi connectivity index (χ1v) is 10.9. The van der Waals surface area contributed by atoms with Crippen molar-refractivity contribution in [1.82, 2.24) is 0 Å². The molecule has 4 rings (SSSR count). The highest BCUT2D eigenvalue weighted by Gasteiger charge is 2.21. The molecule has 0 aliphatic rings. The van der Waals surface area contributed by atoms with Crippen LogP contribution in [0.2, 0.25) is 0 Å². The fraction of sp³-hybridized carbons (Fsp3) is 0. The van der Waals surface area contributed by atoms with Gasteiger partial charge in [-0.3, -0.25) is 9.59 Å². The first kappa shape index (κ1) is 20.5. The van der Waals surface area contributed by atoms with Crippen LogP contribution in [0.1, 0.15) is 31.8 Å². The normalized spacial score (nSPS) is 10.6. The zero-order chi connectivity index (χ0) is 21.1. The van der Waals surface area contributed by atoms with Gasteiger partial charge in [-0.25, -0.2) is 0 Å². The predicted octanol–water partition coefficient (Wildman–Crippen LogP) is 7.34. The molecule has 0 aliphatic carbocycles. The summed E-state index contributed by atoms with van der Waals surface area (Å²) in [5, 5.41) is 0. The zero-order valence-electron chi connectivity index (χ0n) is 15.8. The smallest absolute Gasteiger partial charge is 0.193 e. The molecule has 0 amide bonds. The molecule has 0 atom stereocenters. The van der Waals surface area contributed by atoms with E-state index in [0.29, 0.717) is 22.3 Å². The first-order chi connectivity index (χ1) is 14.5. The Labute approximate surface area is 191 Å². The summed E-state index contributed by atoms with van der Waals surface area (Å²) in [6.45, 7) is 0. The lowest BCUT2D eigenvalue weighted by atomic mass is 9.89. The number of carbonyl (C=O) groups excluding carboxylic acids is 2. The minimum atomic E-state index is -0.0899. The van der Waals surface area contributed by atoms with Gasteiger partial charge in [0.1, 0.15) is 0 Å². The van der Waals surface area contributed by atoms with E-state index in [2.05, 4.69) is 31.9 Å². The molecule has 0 saturated heterocycles. The van der Waals surface area contributed by atoms with Crippen molar-refractivity contribution in [3.63, 3.8) is 0 Å². The van der Waals surface area contributed by atoms with E-state index in [4.69, 9.17) is 0 Å². The van der Waals surface area contributed by atoms with Crippen molar-refractivity contribution in [2.75, 3.05) is 0 Å². The number of benzene rings is 4. The van der Waals surface area contributed by atoms with Crippen LogP contribution in [0.4, 0.5) is 0 Å². The van der Waals surface area contributed by atoms with Crippen LogP contribution < -0.4 is 0 Å². The van der Waals surface area contributed by atoms with Crippen molar-refractivity contribution in [2.45, 2.75) is 0 Å². The van der Waals surface area contributed by atoms with Gasteiger partial charge in [0.15, 0.2) is 11.6 Å². The number of halogens is 2. The quantitative estimate of drug-likeness (QED) is 0.258. The van der Waals surface area contributed by atoms with Crippen LogP contribution in [0.5, 0.6) is 0 Å². The third kappa shape index (κ3) is 4.20. The fourth-order valence-corrected chi connectivity index (χ4v) is 4.09. The van der Waals surface area contributed by atoms with E-state index in [1.54, 1.807) is 24.3 Å². The summed E-state index contributed by atoms with van der Waals surface area (Å²) < 4.78 is 1.61.